The Labute approximate surface area is 138 Å². The Bertz CT molecular complexity index is 320. The van der Waals surface area contributed by atoms with Gasteiger partial charge < -0.3 is 5.32 Å². The van der Waals surface area contributed by atoms with Crippen LogP contribution in [-0.2, 0) is 0 Å². The molecule has 22 heavy (non-hydrogen) atoms. The first-order valence-corrected chi connectivity index (χ1v) is 10.2. The third kappa shape index (κ3) is 4.71. The number of hydrogen-bond donors (Lipinski definition) is 1. The molecule has 0 amide bonds. The highest BCUT2D eigenvalue weighted by atomic mass is 15.2. The molecule has 1 aliphatic heterocycles. The van der Waals surface area contributed by atoms with Crippen LogP contribution < -0.4 is 5.32 Å². The van der Waals surface area contributed by atoms with Crippen LogP contribution in [0, 0.1) is 17.8 Å². The van der Waals surface area contributed by atoms with Crippen LogP contribution in [0.2, 0.25) is 0 Å². The molecule has 3 unspecified atom stereocenters. The summed E-state index contributed by atoms with van der Waals surface area (Å²) >= 11 is 0. The summed E-state index contributed by atoms with van der Waals surface area (Å²) in [6.45, 7) is 8.81. The Morgan fingerprint density at radius 3 is 2.50 bits per heavy atom. The molecule has 1 N–H and O–H groups in total. The minimum atomic E-state index is 0.761. The van der Waals surface area contributed by atoms with Gasteiger partial charge in [0.2, 0.25) is 0 Å². The normalized spacial score (nSPS) is 32.5. The van der Waals surface area contributed by atoms with Gasteiger partial charge in [0.25, 0.3) is 0 Å². The second kappa shape index (κ2) is 8.15. The number of piperidine rings is 1. The molecule has 0 aromatic rings. The van der Waals surface area contributed by atoms with Gasteiger partial charge in [-0.2, -0.15) is 0 Å². The molecule has 2 heteroatoms. The van der Waals surface area contributed by atoms with Crippen LogP contribution in [0.5, 0.6) is 0 Å². The maximum atomic E-state index is 3.97. The maximum absolute atomic E-state index is 3.97. The van der Waals surface area contributed by atoms with E-state index in [0.29, 0.717) is 0 Å². The van der Waals surface area contributed by atoms with Gasteiger partial charge in [-0.1, -0.05) is 32.6 Å². The molecular weight excluding hydrogens is 268 g/mol. The molecule has 3 aliphatic rings. The molecule has 2 aliphatic carbocycles. The van der Waals surface area contributed by atoms with Crippen LogP contribution in [0.25, 0.3) is 0 Å². The van der Waals surface area contributed by atoms with Gasteiger partial charge in [-0.05, 0) is 69.7 Å². The SMILES string of the molecule is CCCCC1CC(NCC2CCCC2)CN(C(C)C2CC2)C1. The van der Waals surface area contributed by atoms with Crippen molar-refractivity contribution in [2.45, 2.75) is 90.1 Å². The minimum absolute atomic E-state index is 0.761. The molecule has 3 atom stereocenters. The quantitative estimate of drug-likeness (QED) is 0.713. The second-order valence-electron chi connectivity index (χ2n) is 8.53. The largest absolute Gasteiger partial charge is 0.312 e. The van der Waals surface area contributed by atoms with Crippen LogP contribution in [0.15, 0.2) is 0 Å². The van der Waals surface area contributed by atoms with Gasteiger partial charge in [-0.15, -0.1) is 0 Å². The van der Waals surface area contributed by atoms with E-state index in [-0.39, 0.29) is 0 Å². The van der Waals surface area contributed by atoms with E-state index in [0.717, 1.165) is 29.8 Å². The van der Waals surface area contributed by atoms with Crippen molar-refractivity contribution in [1.29, 1.82) is 0 Å². The van der Waals surface area contributed by atoms with E-state index in [1.807, 2.05) is 0 Å². The molecule has 0 bridgehead atoms. The summed E-state index contributed by atoms with van der Waals surface area (Å²) in [4.78, 5) is 2.84. The smallest absolute Gasteiger partial charge is 0.0198 e. The first-order valence-electron chi connectivity index (χ1n) is 10.2. The van der Waals surface area contributed by atoms with E-state index >= 15 is 0 Å². The van der Waals surface area contributed by atoms with Crippen LogP contribution >= 0.6 is 0 Å². The first kappa shape index (κ1) is 16.8. The molecule has 0 spiro atoms. The van der Waals surface area contributed by atoms with Crippen molar-refractivity contribution in [2.24, 2.45) is 17.8 Å². The minimum Gasteiger partial charge on any atom is -0.312 e. The van der Waals surface area contributed by atoms with Crippen LogP contribution in [-0.4, -0.2) is 36.6 Å². The third-order valence-corrected chi connectivity index (χ3v) is 6.58. The zero-order chi connectivity index (χ0) is 15.4. The number of nitrogens with one attached hydrogen (secondary N) is 1. The standard InChI is InChI=1S/C20H38N2/c1-3-4-7-18-12-20(21-13-17-8-5-6-9-17)15-22(14-18)16(2)19-10-11-19/h16-21H,3-15H2,1-2H3. The fourth-order valence-electron chi connectivity index (χ4n) is 4.85. The lowest BCUT2D eigenvalue weighted by molar-refractivity contribution is 0.0885. The van der Waals surface area contributed by atoms with E-state index in [1.54, 1.807) is 0 Å². The zero-order valence-corrected chi connectivity index (χ0v) is 15.0. The van der Waals surface area contributed by atoms with E-state index in [4.69, 9.17) is 0 Å². The first-order chi connectivity index (χ1) is 10.8. The summed E-state index contributed by atoms with van der Waals surface area (Å²) in [6, 6.07) is 1.60. The molecule has 0 radical (unpaired) electrons. The predicted octanol–water partition coefficient (Wildman–Crippen LogP) is 4.45. The summed E-state index contributed by atoms with van der Waals surface area (Å²) in [5.74, 6) is 2.93. The molecule has 3 rings (SSSR count). The molecule has 3 fully saturated rings. The average Bonchev–Trinajstić information content (AvgIpc) is 3.26. The van der Waals surface area contributed by atoms with E-state index in [9.17, 15) is 0 Å². The van der Waals surface area contributed by atoms with Crippen molar-refractivity contribution < 1.29 is 0 Å². The fraction of sp³-hybridized carbons (Fsp3) is 1.00. The number of rotatable bonds is 8. The van der Waals surface area contributed by atoms with Crippen LogP contribution in [0.4, 0.5) is 0 Å². The lowest BCUT2D eigenvalue weighted by atomic mass is 9.88. The van der Waals surface area contributed by atoms with Gasteiger partial charge in [-0.25, -0.2) is 0 Å². The van der Waals surface area contributed by atoms with Gasteiger partial charge >= 0.3 is 0 Å². The Morgan fingerprint density at radius 2 is 1.82 bits per heavy atom. The van der Waals surface area contributed by atoms with E-state index in [2.05, 4.69) is 24.1 Å². The molecule has 128 valence electrons. The molecule has 1 heterocycles. The van der Waals surface area contributed by atoms with E-state index < -0.39 is 0 Å². The fourth-order valence-corrected chi connectivity index (χ4v) is 4.85. The Kier molecular flexibility index (Phi) is 6.21. The predicted molar refractivity (Wildman–Crippen MR) is 95.1 cm³/mol. The van der Waals surface area contributed by atoms with Crippen LogP contribution in [0.1, 0.15) is 78.1 Å². The second-order valence-corrected chi connectivity index (χ2v) is 8.53. The Hall–Kier alpha value is -0.0800. The summed E-state index contributed by atoms with van der Waals surface area (Å²) in [7, 11) is 0. The summed E-state index contributed by atoms with van der Waals surface area (Å²) < 4.78 is 0. The van der Waals surface area contributed by atoms with Crippen molar-refractivity contribution >= 4 is 0 Å². The van der Waals surface area contributed by atoms with Gasteiger partial charge in [-0.3, -0.25) is 4.90 Å². The van der Waals surface area contributed by atoms with Gasteiger partial charge in [0.05, 0.1) is 0 Å². The van der Waals surface area contributed by atoms with Crippen molar-refractivity contribution in [1.82, 2.24) is 10.2 Å². The van der Waals surface area contributed by atoms with Gasteiger partial charge in [0, 0.05) is 25.2 Å². The van der Waals surface area contributed by atoms with Gasteiger partial charge in [0.1, 0.15) is 0 Å². The molecule has 1 saturated heterocycles. The maximum Gasteiger partial charge on any atom is 0.0198 e. The highest BCUT2D eigenvalue weighted by Crippen LogP contribution is 2.37. The lowest BCUT2D eigenvalue weighted by Crippen LogP contribution is -2.53. The molecule has 0 aromatic heterocycles. The Morgan fingerprint density at radius 1 is 1.05 bits per heavy atom. The number of unbranched alkanes of at least 4 members (excludes halogenated alkanes) is 1. The zero-order valence-electron chi connectivity index (χ0n) is 15.0. The van der Waals surface area contributed by atoms with Crippen LogP contribution in [0.3, 0.4) is 0 Å². The van der Waals surface area contributed by atoms with Crippen molar-refractivity contribution in [2.75, 3.05) is 19.6 Å². The lowest BCUT2D eigenvalue weighted by Gasteiger charge is -2.42. The van der Waals surface area contributed by atoms with Crippen molar-refractivity contribution in [3.63, 3.8) is 0 Å². The number of likely N-dealkylation sites (tertiary alicyclic amines) is 1. The number of nitrogens with zero attached hydrogens (tertiary/aromatic N) is 1. The Balaban J connectivity index is 1.50. The molecule has 0 aromatic carbocycles. The molecule has 2 saturated carbocycles. The third-order valence-electron chi connectivity index (χ3n) is 6.58. The summed E-state index contributed by atoms with van der Waals surface area (Å²) in [5, 5.41) is 3.97. The highest BCUT2D eigenvalue weighted by molar-refractivity contribution is 4.92. The average molecular weight is 307 g/mol. The molecular formula is C20H38N2. The molecule has 2 nitrogen and oxygen atoms in total. The van der Waals surface area contributed by atoms with E-state index in [1.165, 1.54) is 83.8 Å². The summed E-state index contributed by atoms with van der Waals surface area (Å²) in [5.41, 5.74) is 0. The summed E-state index contributed by atoms with van der Waals surface area (Å²) in [6.07, 6.45) is 14.5. The number of hydrogen-bond acceptors (Lipinski definition) is 2. The van der Waals surface area contributed by atoms with Crippen molar-refractivity contribution in [3.05, 3.63) is 0 Å². The van der Waals surface area contributed by atoms with Gasteiger partial charge in [0.15, 0.2) is 0 Å². The topological polar surface area (TPSA) is 15.3 Å². The van der Waals surface area contributed by atoms with Crippen molar-refractivity contribution in [3.8, 4) is 0 Å². The monoisotopic (exact) mass is 306 g/mol. The highest BCUT2D eigenvalue weighted by Gasteiger charge is 2.36.